The Balaban J connectivity index is 2.03. The molecule has 2 rings (SSSR count). The second kappa shape index (κ2) is 6.67. The molecule has 0 aliphatic carbocycles. The van der Waals surface area contributed by atoms with E-state index >= 15 is 0 Å². The number of ketones is 1. The lowest BCUT2D eigenvalue weighted by molar-refractivity contribution is -0.142. The van der Waals surface area contributed by atoms with E-state index in [0.717, 1.165) is 6.07 Å². The smallest absolute Gasteiger partial charge is 0.263 e. The third-order valence-electron chi connectivity index (χ3n) is 3.31. The molecule has 1 aliphatic heterocycles. The molecule has 0 radical (unpaired) electrons. The van der Waals surface area contributed by atoms with Crippen LogP contribution in [0.3, 0.4) is 0 Å². The topological polar surface area (TPSA) is 55.8 Å². The number of hydrogen-bond acceptors (Lipinski definition) is 4. The fourth-order valence-corrected chi connectivity index (χ4v) is 2.10. The first-order chi connectivity index (χ1) is 9.99. The van der Waals surface area contributed by atoms with Crippen molar-refractivity contribution in [3.8, 4) is 5.75 Å². The predicted molar refractivity (Wildman–Crippen MR) is 73.9 cm³/mol. The van der Waals surface area contributed by atoms with Crippen LogP contribution < -0.4 is 4.74 Å². The fraction of sp³-hybridized carbons (Fsp3) is 0.467. The van der Waals surface area contributed by atoms with E-state index < -0.39 is 11.9 Å². The first-order valence-corrected chi connectivity index (χ1v) is 6.82. The Morgan fingerprint density at radius 2 is 2.00 bits per heavy atom. The van der Waals surface area contributed by atoms with E-state index in [4.69, 9.17) is 9.47 Å². The van der Waals surface area contributed by atoms with Gasteiger partial charge in [0.25, 0.3) is 5.91 Å². The zero-order valence-corrected chi connectivity index (χ0v) is 12.1. The maximum absolute atomic E-state index is 13.9. The number of Topliss-reactive ketones (excluding diaryl/α,β-unsaturated/α-hetero) is 1. The number of rotatable bonds is 4. The van der Waals surface area contributed by atoms with E-state index in [1.54, 1.807) is 11.8 Å². The van der Waals surface area contributed by atoms with Crippen LogP contribution in [0.5, 0.6) is 5.75 Å². The van der Waals surface area contributed by atoms with Gasteiger partial charge >= 0.3 is 0 Å². The number of benzene rings is 1. The van der Waals surface area contributed by atoms with Crippen molar-refractivity contribution >= 4 is 11.7 Å². The molecule has 1 aromatic carbocycles. The van der Waals surface area contributed by atoms with Crippen molar-refractivity contribution in [2.24, 2.45) is 0 Å². The zero-order valence-electron chi connectivity index (χ0n) is 12.1. The van der Waals surface area contributed by atoms with Crippen LogP contribution in [0.25, 0.3) is 0 Å². The highest BCUT2D eigenvalue weighted by molar-refractivity contribution is 5.94. The summed E-state index contributed by atoms with van der Waals surface area (Å²) >= 11 is 0. The lowest BCUT2D eigenvalue weighted by Gasteiger charge is -2.29. The van der Waals surface area contributed by atoms with Crippen LogP contribution in [0.15, 0.2) is 18.2 Å². The highest BCUT2D eigenvalue weighted by Crippen LogP contribution is 2.20. The first-order valence-electron chi connectivity index (χ1n) is 6.82. The molecule has 1 saturated heterocycles. The Morgan fingerprint density at radius 3 is 2.57 bits per heavy atom. The fourth-order valence-electron chi connectivity index (χ4n) is 2.10. The van der Waals surface area contributed by atoms with Gasteiger partial charge in [0.15, 0.2) is 23.5 Å². The van der Waals surface area contributed by atoms with Crippen molar-refractivity contribution < 1.29 is 23.5 Å². The maximum Gasteiger partial charge on any atom is 0.263 e. The van der Waals surface area contributed by atoms with Gasteiger partial charge in [-0.05, 0) is 32.0 Å². The molecule has 1 aliphatic rings. The van der Waals surface area contributed by atoms with Crippen LogP contribution in [0.2, 0.25) is 0 Å². The molecular formula is C15H18FNO4. The summed E-state index contributed by atoms with van der Waals surface area (Å²) in [5.74, 6) is -1.11. The molecule has 1 heterocycles. The van der Waals surface area contributed by atoms with Crippen molar-refractivity contribution in [1.29, 1.82) is 0 Å². The van der Waals surface area contributed by atoms with Crippen LogP contribution in [0.1, 0.15) is 24.2 Å². The second-order valence-electron chi connectivity index (χ2n) is 4.90. The summed E-state index contributed by atoms with van der Waals surface area (Å²) in [4.78, 5) is 25.0. The lowest BCUT2D eigenvalue weighted by Crippen LogP contribution is -2.46. The predicted octanol–water partition coefficient (Wildman–Crippen LogP) is 1.65. The van der Waals surface area contributed by atoms with Crippen molar-refractivity contribution in [2.45, 2.75) is 20.0 Å². The number of halogens is 1. The van der Waals surface area contributed by atoms with E-state index in [1.165, 1.54) is 19.1 Å². The van der Waals surface area contributed by atoms with E-state index in [9.17, 15) is 14.0 Å². The zero-order chi connectivity index (χ0) is 15.4. The summed E-state index contributed by atoms with van der Waals surface area (Å²) in [5.41, 5.74) is 0.270. The number of nitrogens with zero attached hydrogens (tertiary/aromatic N) is 1. The van der Waals surface area contributed by atoms with Crippen LogP contribution in [0, 0.1) is 5.82 Å². The molecule has 0 saturated carbocycles. The van der Waals surface area contributed by atoms with Gasteiger partial charge in [-0.25, -0.2) is 4.39 Å². The van der Waals surface area contributed by atoms with Crippen molar-refractivity contribution in [1.82, 2.24) is 4.90 Å². The van der Waals surface area contributed by atoms with Crippen molar-refractivity contribution in [3.05, 3.63) is 29.6 Å². The summed E-state index contributed by atoms with van der Waals surface area (Å²) in [6, 6.07) is 3.96. The molecule has 114 valence electrons. The largest absolute Gasteiger partial charge is 0.478 e. The number of amides is 1. The molecule has 1 amide bonds. The van der Waals surface area contributed by atoms with Gasteiger partial charge in [-0.15, -0.1) is 0 Å². The van der Waals surface area contributed by atoms with Crippen LogP contribution in [-0.2, 0) is 9.53 Å². The summed E-state index contributed by atoms with van der Waals surface area (Å²) < 4.78 is 24.4. The Bertz CT molecular complexity index is 540. The summed E-state index contributed by atoms with van der Waals surface area (Å²) in [7, 11) is 0. The van der Waals surface area contributed by atoms with Gasteiger partial charge in [-0.2, -0.15) is 0 Å². The van der Waals surface area contributed by atoms with E-state index in [0.29, 0.717) is 26.3 Å². The second-order valence-corrected chi connectivity index (χ2v) is 4.90. The lowest BCUT2D eigenvalue weighted by atomic mass is 10.1. The maximum atomic E-state index is 13.9. The molecule has 0 bridgehead atoms. The minimum Gasteiger partial charge on any atom is -0.478 e. The normalized spacial score (nSPS) is 16.4. The monoisotopic (exact) mass is 295 g/mol. The van der Waals surface area contributed by atoms with Gasteiger partial charge in [0.2, 0.25) is 0 Å². The first kappa shape index (κ1) is 15.4. The molecule has 1 atom stereocenters. The van der Waals surface area contributed by atoms with Gasteiger partial charge in [-0.3, -0.25) is 9.59 Å². The van der Waals surface area contributed by atoms with Gasteiger partial charge < -0.3 is 14.4 Å². The number of ether oxygens (including phenoxy) is 2. The Labute approximate surface area is 122 Å². The minimum atomic E-state index is -0.791. The van der Waals surface area contributed by atoms with Crippen molar-refractivity contribution in [2.75, 3.05) is 26.3 Å². The third-order valence-corrected chi connectivity index (χ3v) is 3.31. The minimum absolute atomic E-state index is 0.0332. The number of carbonyl (C=O) groups is 2. The number of morpholine rings is 1. The standard InChI is InChI=1S/C15H18FNO4/c1-10(18)12-3-4-14(13(16)9-12)21-11(2)15(19)17-5-7-20-8-6-17/h3-4,9,11H,5-8H2,1-2H3. The third kappa shape index (κ3) is 3.78. The molecule has 1 aromatic rings. The van der Waals surface area contributed by atoms with Gasteiger partial charge in [0.1, 0.15) is 0 Å². The van der Waals surface area contributed by atoms with Crippen molar-refractivity contribution in [3.63, 3.8) is 0 Å². The van der Waals surface area contributed by atoms with E-state index in [2.05, 4.69) is 0 Å². The quantitative estimate of drug-likeness (QED) is 0.793. The van der Waals surface area contributed by atoms with Crippen LogP contribution >= 0.6 is 0 Å². The molecule has 0 N–H and O–H groups in total. The Kier molecular flexibility index (Phi) is 4.90. The number of carbonyl (C=O) groups excluding carboxylic acids is 2. The average Bonchev–Trinajstić information content (AvgIpc) is 2.49. The SMILES string of the molecule is CC(=O)c1ccc(OC(C)C(=O)N2CCOCC2)c(F)c1. The average molecular weight is 295 g/mol. The molecule has 0 aromatic heterocycles. The Hall–Kier alpha value is -1.95. The van der Waals surface area contributed by atoms with Crippen LogP contribution in [-0.4, -0.2) is 49.0 Å². The van der Waals surface area contributed by atoms with Gasteiger partial charge in [-0.1, -0.05) is 0 Å². The molecule has 0 spiro atoms. The molecule has 1 fully saturated rings. The molecule has 6 heteroatoms. The highest BCUT2D eigenvalue weighted by Gasteiger charge is 2.24. The van der Waals surface area contributed by atoms with Crippen LogP contribution in [0.4, 0.5) is 4.39 Å². The van der Waals surface area contributed by atoms with Gasteiger partial charge in [0.05, 0.1) is 13.2 Å². The molecule has 1 unspecified atom stereocenters. The van der Waals surface area contributed by atoms with E-state index in [1.807, 2.05) is 0 Å². The summed E-state index contributed by atoms with van der Waals surface area (Å²) in [5, 5.41) is 0. The Morgan fingerprint density at radius 1 is 1.33 bits per heavy atom. The number of hydrogen-bond donors (Lipinski definition) is 0. The van der Waals surface area contributed by atoms with Gasteiger partial charge in [0, 0.05) is 18.7 Å². The highest BCUT2D eigenvalue weighted by atomic mass is 19.1. The molecule has 5 nitrogen and oxygen atoms in total. The molecular weight excluding hydrogens is 277 g/mol. The summed E-state index contributed by atoms with van der Waals surface area (Å²) in [6.45, 7) is 4.97. The summed E-state index contributed by atoms with van der Waals surface area (Å²) in [6.07, 6.45) is -0.791. The molecule has 21 heavy (non-hydrogen) atoms. The van der Waals surface area contributed by atoms with E-state index in [-0.39, 0.29) is 23.0 Å².